The number of methoxy groups -OCH3 is 1. The van der Waals surface area contributed by atoms with E-state index in [1.807, 2.05) is 17.9 Å². The highest BCUT2D eigenvalue weighted by molar-refractivity contribution is 6.31. The lowest BCUT2D eigenvalue weighted by molar-refractivity contribution is -0.135. The van der Waals surface area contributed by atoms with E-state index in [0.717, 1.165) is 24.9 Å². The molecule has 5 nitrogen and oxygen atoms in total. The Morgan fingerprint density at radius 3 is 2.79 bits per heavy atom. The van der Waals surface area contributed by atoms with Crippen molar-refractivity contribution in [2.45, 2.75) is 19.8 Å². The maximum Gasteiger partial charge on any atom is 0.253 e. The number of aryl methyl sites for hydroxylation is 1. The molecule has 0 N–H and O–H groups in total. The first-order valence-corrected chi connectivity index (χ1v) is 8.68. The lowest BCUT2D eigenvalue weighted by atomic mass is 9.85. The molecular formula is C18H23ClN2O3. The summed E-state index contributed by atoms with van der Waals surface area (Å²) in [6.07, 6.45) is 1.56. The van der Waals surface area contributed by atoms with E-state index in [-0.39, 0.29) is 11.8 Å². The molecular weight excluding hydrogens is 328 g/mol. The van der Waals surface area contributed by atoms with Crippen LogP contribution >= 0.6 is 11.6 Å². The molecule has 0 aliphatic carbocycles. The van der Waals surface area contributed by atoms with Crippen LogP contribution < -0.4 is 0 Å². The van der Waals surface area contributed by atoms with Crippen molar-refractivity contribution in [3.8, 4) is 0 Å². The Kier molecular flexibility index (Phi) is 4.83. The number of nitrogens with zero attached hydrogens (tertiary/aromatic N) is 2. The fourth-order valence-electron chi connectivity index (χ4n) is 3.69. The van der Waals surface area contributed by atoms with Crippen molar-refractivity contribution in [1.82, 2.24) is 9.80 Å². The Labute approximate surface area is 147 Å². The highest BCUT2D eigenvalue weighted by Crippen LogP contribution is 2.41. The van der Waals surface area contributed by atoms with Gasteiger partial charge in [0, 0.05) is 43.9 Å². The van der Waals surface area contributed by atoms with Crippen LogP contribution in [0.1, 0.15) is 28.8 Å². The van der Waals surface area contributed by atoms with Gasteiger partial charge in [0.2, 0.25) is 5.91 Å². The monoisotopic (exact) mass is 350 g/mol. The smallest absolute Gasteiger partial charge is 0.253 e. The molecule has 2 saturated heterocycles. The Hall–Kier alpha value is -1.59. The molecule has 1 atom stereocenters. The fraction of sp³-hybridized carbons (Fsp3) is 0.556. The van der Waals surface area contributed by atoms with Gasteiger partial charge in [-0.3, -0.25) is 9.59 Å². The molecule has 2 fully saturated rings. The summed E-state index contributed by atoms with van der Waals surface area (Å²) in [7, 11) is 1.64. The quantitative estimate of drug-likeness (QED) is 0.837. The van der Waals surface area contributed by atoms with Gasteiger partial charge in [-0.25, -0.2) is 0 Å². The number of hydrogen-bond donors (Lipinski definition) is 0. The van der Waals surface area contributed by atoms with Gasteiger partial charge in [0.05, 0.1) is 12.0 Å². The second kappa shape index (κ2) is 6.73. The minimum atomic E-state index is -0.398. The maximum atomic E-state index is 12.8. The number of carbonyl (C=O) groups is 2. The van der Waals surface area contributed by atoms with Gasteiger partial charge < -0.3 is 14.5 Å². The number of carbonyl (C=O) groups excluding carboxylic acids is 2. The van der Waals surface area contributed by atoms with Crippen LogP contribution in [0, 0.1) is 12.3 Å². The summed E-state index contributed by atoms with van der Waals surface area (Å²) in [5.74, 6) is 0.150. The number of amides is 2. The van der Waals surface area contributed by atoms with Gasteiger partial charge >= 0.3 is 0 Å². The zero-order chi connectivity index (χ0) is 17.3. The van der Waals surface area contributed by atoms with E-state index in [1.165, 1.54) is 0 Å². The highest BCUT2D eigenvalue weighted by Gasteiger charge is 2.51. The highest BCUT2D eigenvalue weighted by atomic mass is 35.5. The molecule has 1 spiro atoms. The van der Waals surface area contributed by atoms with Crippen LogP contribution in [0.15, 0.2) is 18.2 Å². The van der Waals surface area contributed by atoms with E-state index in [9.17, 15) is 9.59 Å². The third kappa shape index (κ3) is 3.03. The van der Waals surface area contributed by atoms with Gasteiger partial charge in [-0.1, -0.05) is 11.6 Å². The van der Waals surface area contributed by atoms with Crippen LogP contribution in [0.5, 0.6) is 0 Å². The first-order chi connectivity index (χ1) is 11.5. The Morgan fingerprint density at radius 1 is 1.33 bits per heavy atom. The maximum absolute atomic E-state index is 12.8. The predicted molar refractivity (Wildman–Crippen MR) is 92.2 cm³/mol. The first-order valence-electron chi connectivity index (χ1n) is 8.30. The second-order valence-electron chi connectivity index (χ2n) is 6.76. The molecule has 130 valence electrons. The SMILES string of the molecule is COCCN1CCC2(CCN(C(=O)c3ccc(Cl)c(C)c3)C2)C1=O. The van der Waals surface area contributed by atoms with E-state index in [4.69, 9.17) is 16.3 Å². The normalized spacial score (nSPS) is 23.5. The first kappa shape index (κ1) is 17.2. The number of likely N-dealkylation sites (tertiary alicyclic amines) is 2. The average Bonchev–Trinajstić information content (AvgIpc) is 3.14. The van der Waals surface area contributed by atoms with Gasteiger partial charge in [-0.15, -0.1) is 0 Å². The van der Waals surface area contributed by atoms with E-state index >= 15 is 0 Å². The molecule has 2 aliphatic rings. The van der Waals surface area contributed by atoms with Crippen molar-refractivity contribution in [3.63, 3.8) is 0 Å². The molecule has 1 aromatic carbocycles. The fourth-order valence-corrected chi connectivity index (χ4v) is 3.81. The topological polar surface area (TPSA) is 49.9 Å². The lowest BCUT2D eigenvalue weighted by Crippen LogP contribution is -2.39. The number of benzene rings is 1. The molecule has 6 heteroatoms. The van der Waals surface area contributed by atoms with E-state index in [0.29, 0.717) is 36.8 Å². The van der Waals surface area contributed by atoms with Crippen LogP contribution in [0.3, 0.4) is 0 Å². The summed E-state index contributed by atoms with van der Waals surface area (Å²) in [5, 5.41) is 0.657. The second-order valence-corrected chi connectivity index (χ2v) is 7.16. The Bertz CT molecular complexity index is 664. The van der Waals surface area contributed by atoms with Crippen LogP contribution in [0.2, 0.25) is 5.02 Å². The molecule has 2 aliphatic heterocycles. The third-order valence-electron chi connectivity index (χ3n) is 5.21. The lowest BCUT2D eigenvalue weighted by Gasteiger charge is -2.23. The van der Waals surface area contributed by atoms with Crippen LogP contribution in [0.25, 0.3) is 0 Å². The van der Waals surface area contributed by atoms with Crippen molar-refractivity contribution in [1.29, 1.82) is 0 Å². The van der Waals surface area contributed by atoms with E-state index in [1.54, 1.807) is 24.1 Å². The molecule has 2 heterocycles. The molecule has 0 saturated carbocycles. The minimum Gasteiger partial charge on any atom is -0.383 e. The van der Waals surface area contributed by atoms with E-state index in [2.05, 4.69) is 0 Å². The van der Waals surface area contributed by atoms with Crippen molar-refractivity contribution < 1.29 is 14.3 Å². The third-order valence-corrected chi connectivity index (χ3v) is 5.64. The van der Waals surface area contributed by atoms with Gasteiger partial charge in [-0.2, -0.15) is 0 Å². The summed E-state index contributed by atoms with van der Waals surface area (Å²) in [5.41, 5.74) is 1.12. The summed E-state index contributed by atoms with van der Waals surface area (Å²) in [4.78, 5) is 29.2. The molecule has 1 unspecified atom stereocenters. The number of ether oxygens (including phenoxy) is 1. The number of rotatable bonds is 4. The number of hydrogen-bond acceptors (Lipinski definition) is 3. The number of halogens is 1. The van der Waals surface area contributed by atoms with E-state index < -0.39 is 5.41 Å². The molecule has 24 heavy (non-hydrogen) atoms. The van der Waals surface area contributed by atoms with Crippen molar-refractivity contribution in [3.05, 3.63) is 34.3 Å². The summed E-state index contributed by atoms with van der Waals surface area (Å²) >= 11 is 6.03. The zero-order valence-electron chi connectivity index (χ0n) is 14.2. The molecule has 0 bridgehead atoms. The molecule has 3 rings (SSSR count). The van der Waals surface area contributed by atoms with Crippen LogP contribution in [0.4, 0.5) is 0 Å². The molecule has 2 amide bonds. The molecule has 0 radical (unpaired) electrons. The van der Waals surface area contributed by atoms with Gasteiger partial charge in [0.15, 0.2) is 0 Å². The molecule has 0 aromatic heterocycles. The van der Waals surface area contributed by atoms with Crippen LogP contribution in [-0.4, -0.2) is 61.5 Å². The summed E-state index contributed by atoms with van der Waals surface area (Å²) in [6.45, 7) is 4.96. The minimum absolute atomic E-state index is 0.0187. The average molecular weight is 351 g/mol. The Balaban J connectivity index is 1.70. The van der Waals surface area contributed by atoms with Crippen LogP contribution in [-0.2, 0) is 9.53 Å². The summed E-state index contributed by atoms with van der Waals surface area (Å²) < 4.78 is 5.07. The van der Waals surface area contributed by atoms with Gasteiger partial charge in [0.25, 0.3) is 5.91 Å². The Morgan fingerprint density at radius 2 is 2.08 bits per heavy atom. The predicted octanol–water partition coefficient (Wildman–Crippen LogP) is 2.36. The largest absolute Gasteiger partial charge is 0.383 e. The van der Waals surface area contributed by atoms with Crippen molar-refractivity contribution >= 4 is 23.4 Å². The van der Waals surface area contributed by atoms with Crippen molar-refractivity contribution in [2.24, 2.45) is 5.41 Å². The standard InChI is InChI=1S/C18H23ClN2O3/c1-13-11-14(3-4-15(13)19)16(22)21-8-6-18(12-21)5-7-20(17(18)23)9-10-24-2/h3-4,11H,5-10,12H2,1-2H3. The van der Waals surface area contributed by atoms with Gasteiger partial charge in [0.1, 0.15) is 0 Å². The van der Waals surface area contributed by atoms with Gasteiger partial charge in [-0.05, 0) is 43.5 Å². The van der Waals surface area contributed by atoms with Crippen molar-refractivity contribution in [2.75, 3.05) is 39.9 Å². The zero-order valence-corrected chi connectivity index (χ0v) is 14.9. The summed E-state index contributed by atoms with van der Waals surface area (Å²) in [6, 6.07) is 5.32. The molecule has 1 aromatic rings.